The van der Waals surface area contributed by atoms with Crippen LogP contribution in [0.3, 0.4) is 0 Å². The zero-order valence-corrected chi connectivity index (χ0v) is 9.55. The minimum atomic E-state index is 0.710. The van der Waals surface area contributed by atoms with Crippen molar-refractivity contribution in [3.63, 3.8) is 0 Å². The molecule has 74 valence electrons. The van der Waals surface area contributed by atoms with Crippen LogP contribution >= 0.6 is 15.9 Å². The normalized spacial score (nSPS) is 22.2. The number of halogens is 1. The van der Waals surface area contributed by atoms with E-state index in [2.05, 4.69) is 33.0 Å². The van der Waals surface area contributed by atoms with Crippen LogP contribution in [0, 0.1) is 5.41 Å². The standard InChI is InChI=1S/C11H13BrN2/c12-9-2-1-8(5-10(9)13)14-6-11(7-14)3-4-11/h1-2,5H,3-4,6-7,13H2. The van der Waals surface area contributed by atoms with E-state index in [1.807, 2.05) is 6.07 Å². The summed E-state index contributed by atoms with van der Waals surface area (Å²) in [4.78, 5) is 2.41. The van der Waals surface area contributed by atoms with Gasteiger partial charge in [0.05, 0.1) is 0 Å². The number of hydrogen-bond donors (Lipinski definition) is 1. The van der Waals surface area contributed by atoms with Crippen LogP contribution in [-0.4, -0.2) is 13.1 Å². The Bertz CT molecular complexity index is 377. The van der Waals surface area contributed by atoms with Crippen molar-refractivity contribution in [3.8, 4) is 0 Å². The highest BCUT2D eigenvalue weighted by atomic mass is 79.9. The van der Waals surface area contributed by atoms with E-state index in [1.54, 1.807) is 0 Å². The number of rotatable bonds is 1. The number of nitrogens with zero attached hydrogens (tertiary/aromatic N) is 1. The van der Waals surface area contributed by atoms with Crippen molar-refractivity contribution < 1.29 is 0 Å². The van der Waals surface area contributed by atoms with Crippen molar-refractivity contribution in [2.75, 3.05) is 23.7 Å². The third-order valence-electron chi connectivity index (χ3n) is 3.35. The Balaban J connectivity index is 1.80. The second kappa shape index (κ2) is 2.66. The van der Waals surface area contributed by atoms with Gasteiger partial charge < -0.3 is 10.6 Å². The predicted octanol–water partition coefficient (Wildman–Crippen LogP) is 2.63. The maximum Gasteiger partial charge on any atom is 0.0479 e. The summed E-state index contributed by atoms with van der Waals surface area (Å²) < 4.78 is 0.989. The van der Waals surface area contributed by atoms with E-state index in [9.17, 15) is 0 Å². The van der Waals surface area contributed by atoms with Crippen molar-refractivity contribution >= 4 is 27.3 Å². The molecule has 2 aliphatic rings. The molecule has 3 rings (SSSR count). The highest BCUT2D eigenvalue weighted by Gasteiger charge is 2.52. The fourth-order valence-corrected chi connectivity index (χ4v) is 2.41. The molecule has 0 unspecified atom stereocenters. The van der Waals surface area contributed by atoms with E-state index in [0.717, 1.165) is 10.2 Å². The fraction of sp³-hybridized carbons (Fsp3) is 0.455. The lowest BCUT2D eigenvalue weighted by atomic mass is 9.96. The summed E-state index contributed by atoms with van der Waals surface area (Å²) in [6.45, 7) is 2.46. The molecule has 0 amide bonds. The van der Waals surface area contributed by atoms with E-state index in [-0.39, 0.29) is 0 Å². The van der Waals surface area contributed by atoms with E-state index in [1.165, 1.54) is 31.6 Å². The van der Waals surface area contributed by atoms with Gasteiger partial charge in [0.2, 0.25) is 0 Å². The van der Waals surface area contributed by atoms with Crippen LogP contribution in [0.4, 0.5) is 11.4 Å². The molecule has 0 bridgehead atoms. The summed E-state index contributed by atoms with van der Waals surface area (Å²) in [5.41, 5.74) is 8.66. The van der Waals surface area contributed by atoms with Crippen molar-refractivity contribution in [1.82, 2.24) is 0 Å². The molecule has 1 aromatic carbocycles. The minimum absolute atomic E-state index is 0.710. The Hall–Kier alpha value is -0.700. The van der Waals surface area contributed by atoms with Crippen LogP contribution in [-0.2, 0) is 0 Å². The largest absolute Gasteiger partial charge is 0.398 e. The van der Waals surface area contributed by atoms with Crippen molar-refractivity contribution in [3.05, 3.63) is 22.7 Å². The molecular weight excluding hydrogens is 240 g/mol. The first-order chi connectivity index (χ1) is 6.69. The van der Waals surface area contributed by atoms with Gasteiger partial charge in [-0.1, -0.05) is 0 Å². The highest BCUT2D eigenvalue weighted by molar-refractivity contribution is 9.10. The number of anilines is 2. The van der Waals surface area contributed by atoms with E-state index in [4.69, 9.17) is 5.73 Å². The first kappa shape index (κ1) is 8.60. The van der Waals surface area contributed by atoms with Crippen LogP contribution in [0.15, 0.2) is 22.7 Å². The average molecular weight is 253 g/mol. The van der Waals surface area contributed by atoms with E-state index < -0.39 is 0 Å². The molecule has 1 heterocycles. The molecule has 0 radical (unpaired) electrons. The Kier molecular flexibility index (Phi) is 1.63. The van der Waals surface area contributed by atoms with Gasteiger partial charge >= 0.3 is 0 Å². The van der Waals surface area contributed by atoms with Crippen molar-refractivity contribution in [2.45, 2.75) is 12.8 Å². The molecule has 0 aromatic heterocycles. The quantitative estimate of drug-likeness (QED) is 0.779. The summed E-state index contributed by atoms with van der Waals surface area (Å²) in [5.74, 6) is 0. The van der Waals surface area contributed by atoms with Gasteiger partial charge in [0.15, 0.2) is 0 Å². The van der Waals surface area contributed by atoms with Gasteiger partial charge in [0.25, 0.3) is 0 Å². The molecule has 2 fully saturated rings. The van der Waals surface area contributed by atoms with Gasteiger partial charge in [0.1, 0.15) is 0 Å². The Morgan fingerprint density at radius 3 is 2.57 bits per heavy atom. The van der Waals surface area contributed by atoms with E-state index in [0.29, 0.717) is 5.41 Å². The Morgan fingerprint density at radius 1 is 1.29 bits per heavy atom. The third kappa shape index (κ3) is 1.22. The molecule has 1 aliphatic heterocycles. The van der Waals surface area contributed by atoms with Crippen molar-refractivity contribution in [1.29, 1.82) is 0 Å². The number of hydrogen-bond acceptors (Lipinski definition) is 2. The van der Waals surface area contributed by atoms with Gasteiger partial charge in [-0.3, -0.25) is 0 Å². The molecule has 1 saturated heterocycles. The van der Waals surface area contributed by atoms with Gasteiger partial charge in [-0.05, 0) is 47.0 Å². The Morgan fingerprint density at radius 2 is 2.00 bits per heavy atom. The zero-order chi connectivity index (χ0) is 9.76. The first-order valence-electron chi connectivity index (χ1n) is 4.99. The van der Waals surface area contributed by atoms with Crippen LogP contribution in [0.1, 0.15) is 12.8 Å². The van der Waals surface area contributed by atoms with Crippen LogP contribution in [0.5, 0.6) is 0 Å². The minimum Gasteiger partial charge on any atom is -0.398 e. The molecule has 0 atom stereocenters. The number of benzene rings is 1. The van der Waals surface area contributed by atoms with Gasteiger partial charge in [-0.25, -0.2) is 0 Å². The summed E-state index contributed by atoms with van der Waals surface area (Å²) in [6.07, 6.45) is 2.85. The van der Waals surface area contributed by atoms with Crippen LogP contribution in [0.25, 0.3) is 0 Å². The molecule has 2 N–H and O–H groups in total. The highest BCUT2D eigenvalue weighted by Crippen LogP contribution is 2.54. The van der Waals surface area contributed by atoms with Crippen LogP contribution in [0.2, 0.25) is 0 Å². The SMILES string of the molecule is Nc1cc(N2CC3(CC3)C2)ccc1Br. The summed E-state index contributed by atoms with van der Waals surface area (Å²) >= 11 is 3.41. The van der Waals surface area contributed by atoms with E-state index >= 15 is 0 Å². The molecule has 1 spiro atoms. The summed E-state index contributed by atoms with van der Waals surface area (Å²) in [7, 11) is 0. The zero-order valence-electron chi connectivity index (χ0n) is 7.96. The fourth-order valence-electron chi connectivity index (χ4n) is 2.17. The average Bonchev–Trinajstić information content (AvgIpc) is 2.87. The number of nitrogen functional groups attached to an aromatic ring is 1. The smallest absolute Gasteiger partial charge is 0.0479 e. The molecule has 3 heteroatoms. The van der Waals surface area contributed by atoms with Crippen LogP contribution < -0.4 is 10.6 Å². The lowest BCUT2D eigenvalue weighted by Crippen LogP contribution is -2.48. The second-order valence-electron chi connectivity index (χ2n) is 4.56. The number of nitrogens with two attached hydrogens (primary N) is 1. The maximum atomic E-state index is 5.85. The predicted molar refractivity (Wildman–Crippen MR) is 62.4 cm³/mol. The summed E-state index contributed by atoms with van der Waals surface area (Å²) in [6, 6.07) is 6.22. The Labute approximate surface area is 92.2 Å². The second-order valence-corrected chi connectivity index (χ2v) is 5.42. The maximum absolute atomic E-state index is 5.85. The molecular formula is C11H13BrN2. The molecule has 14 heavy (non-hydrogen) atoms. The molecule has 1 saturated carbocycles. The lowest BCUT2D eigenvalue weighted by molar-refractivity contribution is 0.387. The topological polar surface area (TPSA) is 29.3 Å². The molecule has 1 aliphatic carbocycles. The third-order valence-corrected chi connectivity index (χ3v) is 4.08. The molecule has 2 nitrogen and oxygen atoms in total. The summed E-state index contributed by atoms with van der Waals surface area (Å²) in [5, 5.41) is 0. The van der Waals surface area contributed by atoms with Gasteiger partial charge in [0, 0.05) is 34.4 Å². The molecule has 1 aromatic rings. The van der Waals surface area contributed by atoms with Gasteiger partial charge in [-0.15, -0.1) is 0 Å². The van der Waals surface area contributed by atoms with Gasteiger partial charge in [-0.2, -0.15) is 0 Å². The monoisotopic (exact) mass is 252 g/mol. The lowest BCUT2D eigenvalue weighted by Gasteiger charge is -2.42. The van der Waals surface area contributed by atoms with Crippen molar-refractivity contribution in [2.24, 2.45) is 5.41 Å². The first-order valence-corrected chi connectivity index (χ1v) is 5.78.